The summed E-state index contributed by atoms with van der Waals surface area (Å²) in [5.74, 6) is -0.789. The monoisotopic (exact) mass is 250 g/mol. The van der Waals surface area contributed by atoms with Crippen LogP contribution in [0.15, 0.2) is 11.5 Å². The minimum atomic E-state index is -4.39. The van der Waals surface area contributed by atoms with Gasteiger partial charge in [0.15, 0.2) is 0 Å². The van der Waals surface area contributed by atoms with Crippen LogP contribution in [0.3, 0.4) is 0 Å². The van der Waals surface area contributed by atoms with Crippen molar-refractivity contribution in [2.45, 2.75) is 13.1 Å². The Hall–Kier alpha value is -1.37. The van der Waals surface area contributed by atoms with Gasteiger partial charge in [-0.2, -0.15) is 13.2 Å². The normalized spacial score (nSPS) is 12.0. The predicted octanol–water partition coefficient (Wildman–Crippen LogP) is 2.14. The van der Waals surface area contributed by atoms with Crippen LogP contribution in [0.5, 0.6) is 0 Å². The van der Waals surface area contributed by atoms with Gasteiger partial charge in [-0.25, -0.2) is 4.98 Å². The molecule has 1 rings (SSSR count). The summed E-state index contributed by atoms with van der Waals surface area (Å²) in [7, 11) is 0. The fourth-order valence-corrected chi connectivity index (χ4v) is 1.44. The van der Waals surface area contributed by atoms with Gasteiger partial charge in [-0.15, -0.1) is 11.3 Å². The molecule has 1 aromatic rings. The maximum absolute atomic E-state index is 11.7. The number of thiazole rings is 1. The quantitative estimate of drug-likeness (QED) is 0.835. The first-order valence-electron chi connectivity index (χ1n) is 4.31. The summed E-state index contributed by atoms with van der Waals surface area (Å²) in [5, 5.41) is 4.26. The number of halogens is 3. The average molecular weight is 250 g/mol. The summed E-state index contributed by atoms with van der Waals surface area (Å²) in [6.07, 6.45) is -1.99. The first-order valence-corrected chi connectivity index (χ1v) is 5.19. The molecule has 0 atom stereocenters. The molecule has 1 heterocycles. The molecule has 0 saturated carbocycles. The van der Waals surface area contributed by atoms with Crippen LogP contribution >= 0.6 is 11.3 Å². The highest BCUT2D eigenvalue weighted by Crippen LogP contribution is 2.12. The molecule has 1 aromatic heterocycles. The molecule has 0 aromatic carbocycles. The molecule has 88 valence electrons. The molecule has 3 nitrogen and oxygen atoms in total. The number of nitrogens with zero attached hydrogens (tertiary/aromatic N) is 1. The molecule has 0 aliphatic heterocycles. The second-order valence-corrected chi connectivity index (χ2v) is 4.02. The largest absolute Gasteiger partial charge is 0.405 e. The highest BCUT2D eigenvalue weighted by Gasteiger charge is 2.27. The lowest BCUT2D eigenvalue weighted by atomic mass is 10.4. The molecule has 0 aliphatic rings. The zero-order chi connectivity index (χ0) is 12.2. The van der Waals surface area contributed by atoms with E-state index in [1.54, 1.807) is 17.6 Å². The van der Waals surface area contributed by atoms with Crippen LogP contribution in [0, 0.1) is 6.92 Å². The van der Waals surface area contributed by atoms with E-state index in [0.29, 0.717) is 5.69 Å². The van der Waals surface area contributed by atoms with Gasteiger partial charge >= 0.3 is 6.18 Å². The third kappa shape index (κ3) is 4.92. The zero-order valence-electron chi connectivity index (χ0n) is 8.34. The Balaban J connectivity index is 2.43. The van der Waals surface area contributed by atoms with Crippen molar-refractivity contribution in [3.05, 3.63) is 22.2 Å². The van der Waals surface area contributed by atoms with Crippen LogP contribution in [-0.2, 0) is 4.79 Å². The minimum absolute atomic E-state index is 0.560. The Morgan fingerprint density at radius 1 is 1.62 bits per heavy atom. The Morgan fingerprint density at radius 2 is 2.31 bits per heavy atom. The fourth-order valence-electron chi connectivity index (χ4n) is 0.864. The number of nitrogens with one attached hydrogen (secondary N) is 1. The van der Waals surface area contributed by atoms with Crippen molar-refractivity contribution in [3.63, 3.8) is 0 Å². The van der Waals surface area contributed by atoms with E-state index in [9.17, 15) is 18.0 Å². The lowest BCUT2D eigenvalue weighted by molar-refractivity contribution is -0.135. The van der Waals surface area contributed by atoms with E-state index in [-0.39, 0.29) is 0 Å². The number of aromatic nitrogens is 1. The van der Waals surface area contributed by atoms with Gasteiger partial charge < -0.3 is 5.32 Å². The van der Waals surface area contributed by atoms with Crippen LogP contribution in [0.2, 0.25) is 0 Å². The molecular formula is C9H9F3N2OS. The molecule has 16 heavy (non-hydrogen) atoms. The summed E-state index contributed by atoms with van der Waals surface area (Å²) in [6.45, 7) is 0.470. The maximum atomic E-state index is 11.7. The minimum Gasteiger partial charge on any atom is -0.343 e. The summed E-state index contributed by atoms with van der Waals surface area (Å²) in [4.78, 5) is 15.0. The molecule has 0 spiro atoms. The van der Waals surface area contributed by atoms with Gasteiger partial charge in [0, 0.05) is 11.5 Å². The molecule has 0 unspecified atom stereocenters. The predicted molar refractivity (Wildman–Crippen MR) is 54.9 cm³/mol. The smallest absolute Gasteiger partial charge is 0.343 e. The van der Waals surface area contributed by atoms with E-state index in [4.69, 9.17) is 0 Å². The molecular weight excluding hydrogens is 241 g/mol. The van der Waals surface area contributed by atoms with E-state index < -0.39 is 18.6 Å². The second-order valence-electron chi connectivity index (χ2n) is 2.96. The summed E-state index contributed by atoms with van der Waals surface area (Å²) in [6, 6.07) is 0. The molecule has 0 aliphatic carbocycles. The topological polar surface area (TPSA) is 42.0 Å². The van der Waals surface area contributed by atoms with E-state index in [1.807, 2.05) is 0 Å². The number of amides is 1. The van der Waals surface area contributed by atoms with Crippen molar-refractivity contribution in [1.29, 1.82) is 0 Å². The number of hydrogen-bond donors (Lipinski definition) is 1. The van der Waals surface area contributed by atoms with Gasteiger partial charge in [0.05, 0.1) is 10.7 Å². The Morgan fingerprint density at radius 3 is 2.81 bits per heavy atom. The van der Waals surface area contributed by atoms with Crippen molar-refractivity contribution in [3.8, 4) is 0 Å². The van der Waals surface area contributed by atoms with Gasteiger partial charge in [-0.05, 0) is 13.0 Å². The number of hydrogen-bond acceptors (Lipinski definition) is 3. The molecule has 0 fully saturated rings. The fraction of sp³-hybridized carbons (Fsp3) is 0.333. The van der Waals surface area contributed by atoms with Crippen molar-refractivity contribution in [2.24, 2.45) is 0 Å². The van der Waals surface area contributed by atoms with Crippen LogP contribution < -0.4 is 5.32 Å². The van der Waals surface area contributed by atoms with Gasteiger partial charge in [0.2, 0.25) is 5.91 Å². The van der Waals surface area contributed by atoms with Crippen molar-refractivity contribution in [2.75, 3.05) is 6.54 Å². The van der Waals surface area contributed by atoms with E-state index in [2.05, 4.69) is 4.98 Å². The molecule has 0 radical (unpaired) electrons. The van der Waals surface area contributed by atoms with Crippen LogP contribution in [0.1, 0.15) is 10.7 Å². The standard InChI is InChI=1S/C9H9F3N2OS/c1-6-14-7(4-16-6)2-3-8(15)13-5-9(10,11)12/h2-4H,5H2,1H3,(H,13,15)/b3-2+. The summed E-state index contributed by atoms with van der Waals surface area (Å²) < 4.78 is 35.2. The van der Waals surface area contributed by atoms with Crippen molar-refractivity contribution < 1.29 is 18.0 Å². The van der Waals surface area contributed by atoms with Gasteiger partial charge in [-0.3, -0.25) is 4.79 Å². The molecule has 0 saturated heterocycles. The van der Waals surface area contributed by atoms with Crippen LogP contribution in [0.4, 0.5) is 13.2 Å². The zero-order valence-corrected chi connectivity index (χ0v) is 9.15. The van der Waals surface area contributed by atoms with Crippen LogP contribution in [-0.4, -0.2) is 23.6 Å². The number of carbonyl (C=O) groups is 1. The van der Waals surface area contributed by atoms with Crippen LogP contribution in [0.25, 0.3) is 6.08 Å². The number of alkyl halides is 3. The Kier molecular flexibility index (Phi) is 4.05. The summed E-state index contributed by atoms with van der Waals surface area (Å²) >= 11 is 1.40. The first-order chi connectivity index (χ1) is 7.37. The molecule has 7 heteroatoms. The number of rotatable bonds is 3. The summed E-state index contributed by atoms with van der Waals surface area (Å²) in [5.41, 5.74) is 0.560. The number of carbonyl (C=O) groups excluding carboxylic acids is 1. The molecule has 0 bridgehead atoms. The van der Waals surface area contributed by atoms with Gasteiger partial charge in [0.1, 0.15) is 6.54 Å². The van der Waals surface area contributed by atoms with Gasteiger partial charge in [-0.1, -0.05) is 0 Å². The Bertz CT molecular complexity index is 398. The lowest BCUT2D eigenvalue weighted by Crippen LogP contribution is -2.32. The average Bonchev–Trinajstić information content (AvgIpc) is 2.57. The van der Waals surface area contributed by atoms with Crippen molar-refractivity contribution in [1.82, 2.24) is 10.3 Å². The van der Waals surface area contributed by atoms with E-state index in [0.717, 1.165) is 11.1 Å². The van der Waals surface area contributed by atoms with Gasteiger partial charge in [0.25, 0.3) is 0 Å². The van der Waals surface area contributed by atoms with E-state index >= 15 is 0 Å². The second kappa shape index (κ2) is 5.11. The third-order valence-corrected chi connectivity index (χ3v) is 2.30. The lowest BCUT2D eigenvalue weighted by Gasteiger charge is -2.05. The molecule has 1 amide bonds. The maximum Gasteiger partial charge on any atom is 0.405 e. The van der Waals surface area contributed by atoms with Crippen molar-refractivity contribution >= 4 is 23.3 Å². The SMILES string of the molecule is Cc1nc(/C=C/C(=O)NCC(F)(F)F)cs1. The number of aryl methyl sites for hydroxylation is 1. The third-order valence-electron chi connectivity index (χ3n) is 1.51. The Labute approximate surface area is 94.0 Å². The van der Waals surface area contributed by atoms with E-state index in [1.165, 1.54) is 17.4 Å². The molecule has 1 N–H and O–H groups in total. The highest BCUT2D eigenvalue weighted by atomic mass is 32.1. The first kappa shape index (κ1) is 12.7. The highest BCUT2D eigenvalue weighted by molar-refractivity contribution is 7.09.